The number of aliphatic hydroxyl groups excluding tert-OH is 1. The van der Waals surface area contributed by atoms with Crippen molar-refractivity contribution in [3.8, 4) is 0 Å². The van der Waals surface area contributed by atoms with Gasteiger partial charge in [0.2, 0.25) is 0 Å². The van der Waals surface area contributed by atoms with Crippen LogP contribution in [0.2, 0.25) is 0 Å². The third-order valence-electron chi connectivity index (χ3n) is 12.6. The highest BCUT2D eigenvalue weighted by Crippen LogP contribution is 2.53. The van der Waals surface area contributed by atoms with Gasteiger partial charge in [0.25, 0.3) is 0 Å². The molecular weight excluding hydrogens is 504 g/mol. The van der Waals surface area contributed by atoms with Crippen LogP contribution in [-0.2, 0) is 11.3 Å². The molecule has 0 aliphatic heterocycles. The zero-order valence-electron chi connectivity index (χ0n) is 27.6. The second-order valence-corrected chi connectivity index (χ2v) is 16.7. The smallest absolute Gasteiger partial charge is 0.0720 e. The molecule has 0 aromatic heterocycles. The maximum absolute atomic E-state index is 10.7. The zero-order chi connectivity index (χ0) is 29.7. The minimum Gasteiger partial charge on any atom is -0.393 e. The van der Waals surface area contributed by atoms with Gasteiger partial charge in [-0.2, -0.15) is 0 Å². The average Bonchev–Trinajstić information content (AvgIpc) is 2.95. The lowest BCUT2D eigenvalue weighted by Crippen LogP contribution is -2.40. The molecule has 3 fully saturated rings. The molecule has 3 heteroatoms. The van der Waals surface area contributed by atoms with E-state index in [4.69, 9.17) is 4.74 Å². The first-order valence-corrected chi connectivity index (χ1v) is 17.3. The predicted molar refractivity (Wildman–Crippen MR) is 172 cm³/mol. The lowest BCUT2D eigenvalue weighted by atomic mass is 9.58. The molecule has 3 nitrogen and oxygen atoms in total. The molecule has 1 aromatic rings. The molecule has 1 atom stereocenters. The minimum atomic E-state index is -0.472. The first-order chi connectivity index (χ1) is 19.3. The minimum absolute atomic E-state index is 0.0740. The molecule has 234 valence electrons. The largest absolute Gasteiger partial charge is 0.393 e. The first-order valence-electron chi connectivity index (χ1n) is 17.3. The molecule has 0 amide bonds. The fourth-order valence-electron chi connectivity index (χ4n) is 8.75. The highest BCUT2D eigenvalue weighted by Gasteiger charge is 2.43. The summed E-state index contributed by atoms with van der Waals surface area (Å²) in [5, 5.41) is 20.8. The number of ether oxygens (including phenoxy) is 1. The normalized spacial score (nSPS) is 33.3. The number of hydrogen-bond donors (Lipinski definition) is 2. The van der Waals surface area contributed by atoms with E-state index in [1.54, 1.807) is 0 Å². The lowest BCUT2D eigenvalue weighted by molar-refractivity contribution is -0.0332. The van der Waals surface area contributed by atoms with E-state index in [9.17, 15) is 10.2 Å². The van der Waals surface area contributed by atoms with E-state index in [0.29, 0.717) is 28.3 Å². The summed E-state index contributed by atoms with van der Waals surface area (Å²) < 4.78 is 6.33. The Morgan fingerprint density at radius 1 is 0.683 bits per heavy atom. The van der Waals surface area contributed by atoms with Gasteiger partial charge < -0.3 is 14.9 Å². The third-order valence-corrected chi connectivity index (χ3v) is 12.6. The van der Waals surface area contributed by atoms with Crippen molar-refractivity contribution < 1.29 is 14.9 Å². The van der Waals surface area contributed by atoms with Gasteiger partial charge in [-0.3, -0.25) is 0 Å². The van der Waals surface area contributed by atoms with Gasteiger partial charge in [0.1, 0.15) is 0 Å². The van der Waals surface area contributed by atoms with Gasteiger partial charge in [-0.05, 0) is 149 Å². The van der Waals surface area contributed by atoms with Gasteiger partial charge in [0.15, 0.2) is 0 Å². The quantitative estimate of drug-likeness (QED) is 0.264. The van der Waals surface area contributed by atoms with Crippen molar-refractivity contribution in [1.29, 1.82) is 0 Å². The van der Waals surface area contributed by atoms with E-state index in [1.165, 1.54) is 82.6 Å². The van der Waals surface area contributed by atoms with Crippen molar-refractivity contribution in [1.82, 2.24) is 0 Å². The highest BCUT2D eigenvalue weighted by atomic mass is 16.5. The Morgan fingerprint density at radius 2 is 1.17 bits per heavy atom. The van der Waals surface area contributed by atoms with Crippen LogP contribution in [0.3, 0.4) is 0 Å². The van der Waals surface area contributed by atoms with Crippen molar-refractivity contribution in [3.05, 3.63) is 35.9 Å². The average molecular weight is 569 g/mol. The number of hydrogen-bond acceptors (Lipinski definition) is 3. The summed E-state index contributed by atoms with van der Waals surface area (Å²) in [6.45, 7) is 15.5. The Morgan fingerprint density at radius 3 is 1.68 bits per heavy atom. The van der Waals surface area contributed by atoms with Gasteiger partial charge in [-0.1, -0.05) is 65.0 Å². The Kier molecular flexibility index (Phi) is 11.1. The summed E-state index contributed by atoms with van der Waals surface area (Å²) in [6.07, 6.45) is 19.0. The summed E-state index contributed by atoms with van der Waals surface area (Å²) in [4.78, 5) is 0. The number of benzene rings is 1. The van der Waals surface area contributed by atoms with E-state index < -0.39 is 5.60 Å². The second-order valence-electron chi connectivity index (χ2n) is 16.7. The number of rotatable bonds is 12. The lowest BCUT2D eigenvalue weighted by Gasteiger charge is -2.48. The standard InChI is InChI=1S/C38H64O3/c1-35(2,30-12-16-33(39)17-13-30)24-26-37(5,32-20-22-38(6,40)23-21-32)27-25-36(3,4)31-14-18-34(19-15-31)41-28-29-10-8-7-9-11-29/h7-11,30-34,39-40H,12-28H2,1-6H3. The van der Waals surface area contributed by atoms with Crippen molar-refractivity contribution in [2.75, 3.05) is 0 Å². The Bertz CT molecular complexity index is 895. The van der Waals surface area contributed by atoms with Crippen LogP contribution in [0.25, 0.3) is 0 Å². The molecule has 41 heavy (non-hydrogen) atoms. The second kappa shape index (κ2) is 13.8. The summed E-state index contributed by atoms with van der Waals surface area (Å²) in [5.41, 5.74) is 1.81. The van der Waals surface area contributed by atoms with Crippen LogP contribution in [0, 0.1) is 34.0 Å². The third kappa shape index (κ3) is 9.29. The topological polar surface area (TPSA) is 49.7 Å². The van der Waals surface area contributed by atoms with Gasteiger partial charge in [0.05, 0.1) is 24.4 Å². The van der Waals surface area contributed by atoms with E-state index in [2.05, 4.69) is 65.0 Å². The van der Waals surface area contributed by atoms with E-state index in [0.717, 1.165) is 44.1 Å². The summed E-state index contributed by atoms with van der Waals surface area (Å²) in [6, 6.07) is 10.6. The van der Waals surface area contributed by atoms with Crippen molar-refractivity contribution >= 4 is 0 Å². The molecule has 1 unspecified atom stereocenters. The van der Waals surface area contributed by atoms with E-state index >= 15 is 0 Å². The Balaban J connectivity index is 1.33. The van der Waals surface area contributed by atoms with E-state index in [-0.39, 0.29) is 6.10 Å². The predicted octanol–water partition coefficient (Wildman–Crippen LogP) is 9.87. The molecular formula is C38H64O3. The van der Waals surface area contributed by atoms with E-state index in [1.807, 2.05) is 6.92 Å². The molecule has 0 saturated heterocycles. The molecule has 4 rings (SSSR count). The molecule has 2 N–H and O–H groups in total. The maximum Gasteiger partial charge on any atom is 0.0720 e. The maximum atomic E-state index is 10.7. The van der Waals surface area contributed by atoms with Crippen LogP contribution < -0.4 is 0 Å². The Labute approximate surface area is 253 Å². The van der Waals surface area contributed by atoms with Gasteiger partial charge in [-0.25, -0.2) is 0 Å². The van der Waals surface area contributed by atoms with Crippen LogP contribution >= 0.6 is 0 Å². The van der Waals surface area contributed by atoms with Gasteiger partial charge in [0, 0.05) is 0 Å². The van der Waals surface area contributed by atoms with Crippen LogP contribution in [0.4, 0.5) is 0 Å². The zero-order valence-corrected chi connectivity index (χ0v) is 27.6. The van der Waals surface area contributed by atoms with Gasteiger partial charge in [-0.15, -0.1) is 0 Å². The molecule has 1 aromatic carbocycles. The molecule has 3 saturated carbocycles. The van der Waals surface area contributed by atoms with Crippen molar-refractivity contribution in [2.24, 2.45) is 34.0 Å². The van der Waals surface area contributed by atoms with Crippen molar-refractivity contribution in [2.45, 2.75) is 169 Å². The van der Waals surface area contributed by atoms with Crippen LogP contribution in [0.5, 0.6) is 0 Å². The summed E-state index contributed by atoms with van der Waals surface area (Å²) >= 11 is 0. The molecule has 3 aliphatic carbocycles. The summed E-state index contributed by atoms with van der Waals surface area (Å²) in [5.74, 6) is 2.23. The molecule has 0 spiro atoms. The first kappa shape index (κ1) is 33.0. The van der Waals surface area contributed by atoms with Crippen LogP contribution in [0.15, 0.2) is 30.3 Å². The molecule has 0 heterocycles. The molecule has 0 radical (unpaired) electrons. The molecule has 3 aliphatic rings. The SMILES string of the molecule is CC1(O)CCC(C(C)(CCC(C)(C)C2CCC(O)CC2)CCC(C)(C)C2CCC(OCc3ccccc3)CC2)CC1. The highest BCUT2D eigenvalue weighted by molar-refractivity contribution is 5.13. The van der Waals surface area contributed by atoms with Gasteiger partial charge >= 0.3 is 0 Å². The Hall–Kier alpha value is -0.900. The monoisotopic (exact) mass is 568 g/mol. The fraction of sp³-hybridized carbons (Fsp3) is 0.842. The van der Waals surface area contributed by atoms with Crippen molar-refractivity contribution in [3.63, 3.8) is 0 Å². The molecule has 0 bridgehead atoms. The number of aliphatic hydroxyl groups is 2. The fourth-order valence-corrected chi connectivity index (χ4v) is 8.75. The van der Waals surface area contributed by atoms with Crippen LogP contribution in [0.1, 0.15) is 150 Å². The van der Waals surface area contributed by atoms with Crippen LogP contribution in [-0.4, -0.2) is 28.0 Å². The summed E-state index contributed by atoms with van der Waals surface area (Å²) in [7, 11) is 0.